The van der Waals surface area contributed by atoms with E-state index in [-0.39, 0.29) is 12.1 Å². The molecule has 3 amide bonds. The fourth-order valence-electron chi connectivity index (χ4n) is 3.01. The predicted octanol–water partition coefficient (Wildman–Crippen LogP) is 2.26. The number of rotatable bonds is 0. The number of anilines is 2. The molecule has 6 nitrogen and oxygen atoms in total. The van der Waals surface area contributed by atoms with Gasteiger partial charge < -0.3 is 15.5 Å². The molecule has 2 aliphatic heterocycles. The quantitative estimate of drug-likeness (QED) is 0.721. The van der Waals surface area contributed by atoms with E-state index in [1.165, 1.54) is 11.0 Å². The number of nitrogens with zero attached hydrogens (tertiary/aromatic N) is 1. The first-order valence-electron chi connectivity index (χ1n) is 7.35. The molecule has 0 saturated heterocycles. The van der Waals surface area contributed by atoms with Crippen LogP contribution in [-0.2, 0) is 16.1 Å². The standard InChI is InChI=1S/C17H12ClN3O3/c18-10-5-6-13-11(7-10)17(24)21-8-9-3-1-2-4-12(9)19-15(22)14(21)16(23)20-13/h1-7,14H,8H2,(H,19,22)(H,20,23). The summed E-state index contributed by atoms with van der Waals surface area (Å²) in [7, 11) is 0. The summed E-state index contributed by atoms with van der Waals surface area (Å²) in [5.74, 6) is -1.50. The van der Waals surface area contributed by atoms with E-state index in [1.807, 2.05) is 12.1 Å². The van der Waals surface area contributed by atoms with Crippen molar-refractivity contribution in [2.75, 3.05) is 10.6 Å². The van der Waals surface area contributed by atoms with E-state index >= 15 is 0 Å². The van der Waals surface area contributed by atoms with E-state index in [2.05, 4.69) is 10.6 Å². The lowest BCUT2D eigenvalue weighted by Crippen LogP contribution is -2.50. The molecule has 2 aliphatic rings. The summed E-state index contributed by atoms with van der Waals surface area (Å²) in [5.41, 5.74) is 1.98. The van der Waals surface area contributed by atoms with Crippen molar-refractivity contribution in [3.8, 4) is 0 Å². The Morgan fingerprint density at radius 1 is 0.958 bits per heavy atom. The van der Waals surface area contributed by atoms with Crippen molar-refractivity contribution in [3.63, 3.8) is 0 Å². The van der Waals surface area contributed by atoms with E-state index < -0.39 is 23.8 Å². The van der Waals surface area contributed by atoms with Crippen LogP contribution in [0.25, 0.3) is 0 Å². The molecule has 1 atom stereocenters. The van der Waals surface area contributed by atoms with E-state index in [9.17, 15) is 14.4 Å². The zero-order valence-corrected chi connectivity index (χ0v) is 13.1. The van der Waals surface area contributed by atoms with Gasteiger partial charge >= 0.3 is 0 Å². The largest absolute Gasteiger partial charge is 0.323 e. The minimum atomic E-state index is -1.24. The highest BCUT2D eigenvalue weighted by Crippen LogP contribution is 2.30. The summed E-state index contributed by atoms with van der Waals surface area (Å²) in [5, 5.41) is 5.75. The van der Waals surface area contributed by atoms with Crippen molar-refractivity contribution in [3.05, 3.63) is 58.6 Å². The number of benzene rings is 2. The third kappa shape index (κ3) is 2.23. The topological polar surface area (TPSA) is 78.5 Å². The number of para-hydroxylation sites is 1. The molecular formula is C17H12ClN3O3. The third-order valence-electron chi connectivity index (χ3n) is 4.16. The van der Waals surface area contributed by atoms with Crippen LogP contribution in [-0.4, -0.2) is 28.7 Å². The van der Waals surface area contributed by atoms with Gasteiger partial charge in [-0.2, -0.15) is 0 Å². The monoisotopic (exact) mass is 341 g/mol. The molecule has 0 radical (unpaired) electrons. The first kappa shape index (κ1) is 14.7. The zero-order chi connectivity index (χ0) is 16.8. The molecule has 0 fully saturated rings. The van der Waals surface area contributed by atoms with Crippen LogP contribution in [0.5, 0.6) is 0 Å². The number of amides is 3. The molecule has 1 unspecified atom stereocenters. The lowest BCUT2D eigenvalue weighted by atomic mass is 10.1. The Labute approximate surface area is 142 Å². The summed E-state index contributed by atoms with van der Waals surface area (Å²) >= 11 is 5.99. The molecule has 0 aromatic heterocycles. The maximum Gasteiger partial charge on any atom is 0.257 e. The van der Waals surface area contributed by atoms with Crippen LogP contribution in [0.3, 0.4) is 0 Å². The fourth-order valence-corrected chi connectivity index (χ4v) is 3.18. The van der Waals surface area contributed by atoms with Crippen molar-refractivity contribution in [1.29, 1.82) is 0 Å². The van der Waals surface area contributed by atoms with Gasteiger partial charge in [-0.1, -0.05) is 29.8 Å². The van der Waals surface area contributed by atoms with Gasteiger partial charge in [0.2, 0.25) is 0 Å². The number of fused-ring (bicyclic) bond motifs is 3. The summed E-state index contributed by atoms with van der Waals surface area (Å²) < 4.78 is 0. The Kier molecular flexibility index (Phi) is 3.28. The molecule has 0 aliphatic carbocycles. The number of carbonyl (C=O) groups excluding carboxylic acids is 3. The molecule has 120 valence electrons. The summed E-state index contributed by atoms with van der Waals surface area (Å²) in [6, 6.07) is 10.6. The van der Waals surface area contributed by atoms with Crippen molar-refractivity contribution in [2.45, 2.75) is 12.6 Å². The van der Waals surface area contributed by atoms with Crippen LogP contribution in [0.4, 0.5) is 11.4 Å². The zero-order valence-electron chi connectivity index (χ0n) is 12.4. The van der Waals surface area contributed by atoms with E-state index in [4.69, 9.17) is 11.6 Å². The van der Waals surface area contributed by atoms with Crippen molar-refractivity contribution in [1.82, 2.24) is 4.90 Å². The highest BCUT2D eigenvalue weighted by molar-refractivity contribution is 6.31. The van der Waals surface area contributed by atoms with Crippen LogP contribution < -0.4 is 10.6 Å². The average Bonchev–Trinajstić information content (AvgIpc) is 2.76. The fraction of sp³-hybridized carbons (Fsp3) is 0.118. The Bertz CT molecular complexity index is 896. The highest BCUT2D eigenvalue weighted by atomic mass is 35.5. The van der Waals surface area contributed by atoms with Gasteiger partial charge in [-0.3, -0.25) is 14.4 Å². The molecule has 0 saturated carbocycles. The molecule has 2 aromatic rings. The lowest BCUT2D eigenvalue weighted by Gasteiger charge is -2.24. The van der Waals surface area contributed by atoms with Gasteiger partial charge in [0.25, 0.3) is 17.7 Å². The number of hydrogen-bond donors (Lipinski definition) is 2. The molecule has 2 N–H and O–H groups in total. The number of halogens is 1. The van der Waals surface area contributed by atoms with Gasteiger partial charge in [0.1, 0.15) is 0 Å². The van der Waals surface area contributed by atoms with Gasteiger partial charge in [0.15, 0.2) is 6.04 Å². The van der Waals surface area contributed by atoms with Crippen LogP contribution in [0.2, 0.25) is 5.02 Å². The first-order valence-corrected chi connectivity index (χ1v) is 7.72. The SMILES string of the molecule is O=C1Nc2ccccc2CN2C(=O)c3cc(Cl)ccc3NC(=O)C12. The second kappa shape index (κ2) is 5.35. The van der Waals surface area contributed by atoms with Gasteiger partial charge in [-0.05, 0) is 29.8 Å². The molecule has 4 rings (SSSR count). The normalized spacial score (nSPS) is 19.3. The van der Waals surface area contributed by atoms with E-state index in [0.29, 0.717) is 16.4 Å². The second-order valence-corrected chi connectivity index (χ2v) is 6.10. The van der Waals surface area contributed by atoms with Crippen molar-refractivity contribution in [2.24, 2.45) is 0 Å². The van der Waals surface area contributed by atoms with Crippen molar-refractivity contribution >= 4 is 40.7 Å². The third-order valence-corrected chi connectivity index (χ3v) is 4.39. The van der Waals surface area contributed by atoms with E-state index in [0.717, 1.165) is 5.56 Å². The van der Waals surface area contributed by atoms with Crippen LogP contribution in [0.15, 0.2) is 42.5 Å². The van der Waals surface area contributed by atoms with Crippen LogP contribution >= 0.6 is 11.6 Å². The summed E-state index contributed by atoms with van der Waals surface area (Å²) in [4.78, 5) is 39.4. The van der Waals surface area contributed by atoms with Crippen LogP contribution in [0, 0.1) is 0 Å². The average molecular weight is 342 g/mol. The highest BCUT2D eigenvalue weighted by Gasteiger charge is 2.42. The first-order chi connectivity index (χ1) is 11.5. The summed E-state index contributed by atoms with van der Waals surface area (Å²) in [6.45, 7) is 0.151. The van der Waals surface area contributed by atoms with Crippen molar-refractivity contribution < 1.29 is 14.4 Å². The molecule has 0 bridgehead atoms. The molecule has 2 heterocycles. The molecular weight excluding hydrogens is 330 g/mol. The number of nitrogens with one attached hydrogen (secondary N) is 2. The Balaban J connectivity index is 1.87. The predicted molar refractivity (Wildman–Crippen MR) is 88.8 cm³/mol. The second-order valence-electron chi connectivity index (χ2n) is 5.66. The smallest absolute Gasteiger partial charge is 0.257 e. The Morgan fingerprint density at radius 2 is 1.67 bits per heavy atom. The van der Waals surface area contributed by atoms with Gasteiger partial charge in [0.05, 0.1) is 11.3 Å². The van der Waals surface area contributed by atoms with Gasteiger partial charge in [-0.25, -0.2) is 0 Å². The minimum absolute atomic E-state index is 0.151. The molecule has 7 heteroatoms. The lowest BCUT2D eigenvalue weighted by molar-refractivity contribution is -0.130. The summed E-state index contributed by atoms with van der Waals surface area (Å²) in [6.07, 6.45) is 0. The van der Waals surface area contributed by atoms with Gasteiger partial charge in [-0.15, -0.1) is 0 Å². The Hall–Kier alpha value is -2.86. The Morgan fingerprint density at radius 3 is 2.46 bits per heavy atom. The van der Waals surface area contributed by atoms with E-state index in [1.54, 1.807) is 24.3 Å². The maximum atomic E-state index is 13.0. The van der Waals surface area contributed by atoms with Crippen LogP contribution in [0.1, 0.15) is 15.9 Å². The number of hydrogen-bond acceptors (Lipinski definition) is 3. The van der Waals surface area contributed by atoms with Gasteiger partial charge in [0, 0.05) is 17.3 Å². The molecule has 2 aromatic carbocycles. The number of carbonyl (C=O) groups is 3. The minimum Gasteiger partial charge on any atom is -0.323 e. The maximum absolute atomic E-state index is 13.0. The molecule has 0 spiro atoms. The molecule has 24 heavy (non-hydrogen) atoms.